The second kappa shape index (κ2) is 8.62. The lowest BCUT2D eigenvalue weighted by Crippen LogP contribution is -2.37. The van der Waals surface area contributed by atoms with Crippen molar-refractivity contribution in [3.05, 3.63) is 39.4 Å². The Balaban J connectivity index is 1.84. The maximum absolute atomic E-state index is 12.3. The van der Waals surface area contributed by atoms with E-state index in [4.69, 9.17) is 0 Å². The Morgan fingerprint density at radius 2 is 1.91 bits per heavy atom. The number of nitro benzene ring substituents is 1. The fraction of sp³-hybridized carbons (Fsp3) is 0.588. The Morgan fingerprint density at radius 1 is 1.22 bits per heavy atom. The predicted molar refractivity (Wildman–Crippen MR) is 89.7 cm³/mol. The molecule has 0 aromatic heterocycles. The van der Waals surface area contributed by atoms with Gasteiger partial charge in [0.2, 0.25) is 0 Å². The van der Waals surface area contributed by atoms with Gasteiger partial charge in [0.1, 0.15) is 5.56 Å². The van der Waals surface area contributed by atoms with Crippen LogP contribution >= 0.6 is 0 Å². The molecule has 1 aliphatic rings. The molecule has 0 aliphatic heterocycles. The highest BCUT2D eigenvalue weighted by atomic mass is 16.6. The minimum Gasteiger partial charge on any atom is -0.351 e. The molecule has 0 spiro atoms. The number of nitrogens with one attached hydrogen (secondary N) is 2. The van der Waals surface area contributed by atoms with Crippen LogP contribution in [0.4, 0.5) is 5.69 Å². The summed E-state index contributed by atoms with van der Waals surface area (Å²) >= 11 is 0. The van der Waals surface area contributed by atoms with Gasteiger partial charge in [-0.15, -0.1) is 0 Å². The normalized spacial score (nSPS) is 15.9. The highest BCUT2D eigenvalue weighted by molar-refractivity contribution is 5.99. The highest BCUT2D eigenvalue weighted by Gasteiger charge is 2.21. The zero-order valence-corrected chi connectivity index (χ0v) is 13.6. The summed E-state index contributed by atoms with van der Waals surface area (Å²) < 4.78 is 0. The predicted octanol–water partition coefficient (Wildman–Crippen LogP) is 2.95. The molecule has 0 radical (unpaired) electrons. The maximum atomic E-state index is 12.3. The lowest BCUT2D eigenvalue weighted by atomic mass is 10.1. The Hall–Kier alpha value is -1.95. The number of carbonyl (C=O) groups excluding carboxylic acids is 1. The van der Waals surface area contributed by atoms with Crippen molar-refractivity contribution in [1.29, 1.82) is 0 Å². The third-order valence-corrected chi connectivity index (χ3v) is 4.37. The topological polar surface area (TPSA) is 84.3 Å². The number of nitro groups is 1. The van der Waals surface area contributed by atoms with Crippen LogP contribution in [0.15, 0.2) is 18.2 Å². The smallest absolute Gasteiger partial charge is 0.282 e. The second-order valence-corrected chi connectivity index (χ2v) is 6.12. The number of nitrogens with zero attached hydrogens (tertiary/aromatic N) is 1. The van der Waals surface area contributed by atoms with Crippen LogP contribution in [-0.2, 0) is 0 Å². The van der Waals surface area contributed by atoms with E-state index >= 15 is 0 Å². The molecule has 0 atom stereocenters. The van der Waals surface area contributed by atoms with Crippen LogP contribution in [0.25, 0.3) is 0 Å². The average Bonchev–Trinajstić information content (AvgIpc) is 2.79. The van der Waals surface area contributed by atoms with Gasteiger partial charge in [0, 0.05) is 25.2 Å². The largest absolute Gasteiger partial charge is 0.351 e. The zero-order valence-electron chi connectivity index (χ0n) is 13.6. The first-order valence-corrected chi connectivity index (χ1v) is 8.35. The van der Waals surface area contributed by atoms with E-state index in [0.29, 0.717) is 24.7 Å². The molecule has 1 saturated carbocycles. The van der Waals surface area contributed by atoms with Crippen molar-refractivity contribution in [1.82, 2.24) is 10.6 Å². The third kappa shape index (κ3) is 5.03. The number of hydrogen-bond donors (Lipinski definition) is 2. The summed E-state index contributed by atoms with van der Waals surface area (Å²) in [6.45, 7) is 2.88. The van der Waals surface area contributed by atoms with E-state index in [0.717, 1.165) is 0 Å². The fourth-order valence-corrected chi connectivity index (χ4v) is 3.12. The van der Waals surface area contributed by atoms with Crippen LogP contribution in [0.1, 0.15) is 54.4 Å². The van der Waals surface area contributed by atoms with Crippen molar-refractivity contribution >= 4 is 11.6 Å². The van der Waals surface area contributed by atoms with E-state index in [9.17, 15) is 14.9 Å². The Kier molecular flexibility index (Phi) is 6.52. The van der Waals surface area contributed by atoms with Gasteiger partial charge < -0.3 is 10.6 Å². The van der Waals surface area contributed by atoms with Gasteiger partial charge in [0.15, 0.2) is 0 Å². The quantitative estimate of drug-likeness (QED) is 0.365. The SMILES string of the molecule is Cc1cccc([N+](=O)[O-])c1C(=O)NCCNC1CCCCCC1. The first-order valence-electron chi connectivity index (χ1n) is 8.35. The lowest BCUT2D eigenvalue weighted by molar-refractivity contribution is -0.385. The number of amides is 1. The van der Waals surface area contributed by atoms with Crippen molar-refractivity contribution in [2.75, 3.05) is 13.1 Å². The van der Waals surface area contributed by atoms with Crippen LogP contribution in [-0.4, -0.2) is 30.0 Å². The molecule has 1 aromatic rings. The minimum absolute atomic E-state index is 0.140. The Bertz CT molecular complexity index is 552. The van der Waals surface area contributed by atoms with Gasteiger partial charge in [-0.3, -0.25) is 14.9 Å². The van der Waals surface area contributed by atoms with Gasteiger partial charge in [-0.2, -0.15) is 0 Å². The molecule has 0 unspecified atom stereocenters. The standard InChI is InChI=1S/C17H25N3O3/c1-13-7-6-10-15(20(22)23)16(13)17(21)19-12-11-18-14-8-4-2-3-5-9-14/h6-7,10,14,18H,2-5,8-9,11-12H2,1H3,(H,19,21). The minimum atomic E-state index is -0.508. The van der Waals surface area contributed by atoms with Gasteiger partial charge in [0.25, 0.3) is 11.6 Å². The molecule has 0 heterocycles. The number of aryl methyl sites for hydroxylation is 1. The first-order chi connectivity index (χ1) is 11.1. The molecule has 1 aliphatic carbocycles. The van der Waals surface area contributed by atoms with Crippen LogP contribution in [0.3, 0.4) is 0 Å². The lowest BCUT2D eigenvalue weighted by Gasteiger charge is -2.16. The van der Waals surface area contributed by atoms with Gasteiger partial charge in [-0.05, 0) is 25.3 Å². The monoisotopic (exact) mass is 319 g/mol. The molecule has 6 heteroatoms. The molecule has 2 N–H and O–H groups in total. The van der Waals surface area contributed by atoms with E-state index < -0.39 is 4.92 Å². The maximum Gasteiger partial charge on any atom is 0.282 e. The molecule has 23 heavy (non-hydrogen) atoms. The van der Waals surface area contributed by atoms with E-state index in [1.165, 1.54) is 44.6 Å². The molecular weight excluding hydrogens is 294 g/mol. The summed E-state index contributed by atoms with van der Waals surface area (Å²) in [7, 11) is 0. The molecule has 1 aromatic carbocycles. The number of hydrogen-bond acceptors (Lipinski definition) is 4. The number of rotatable bonds is 6. The van der Waals surface area contributed by atoms with E-state index in [-0.39, 0.29) is 17.2 Å². The van der Waals surface area contributed by atoms with Crippen molar-refractivity contribution in [3.63, 3.8) is 0 Å². The van der Waals surface area contributed by atoms with Gasteiger partial charge >= 0.3 is 0 Å². The highest BCUT2D eigenvalue weighted by Crippen LogP contribution is 2.21. The summed E-state index contributed by atoms with van der Waals surface area (Å²) in [5.74, 6) is -0.377. The summed E-state index contributed by atoms with van der Waals surface area (Å²) in [6, 6.07) is 5.21. The third-order valence-electron chi connectivity index (χ3n) is 4.37. The van der Waals surface area contributed by atoms with Gasteiger partial charge in [-0.25, -0.2) is 0 Å². The van der Waals surface area contributed by atoms with Crippen molar-refractivity contribution in [2.45, 2.75) is 51.5 Å². The molecule has 6 nitrogen and oxygen atoms in total. The average molecular weight is 319 g/mol. The van der Waals surface area contributed by atoms with Crippen LogP contribution in [0.5, 0.6) is 0 Å². The summed E-state index contributed by atoms with van der Waals surface area (Å²) in [4.78, 5) is 22.8. The Labute approximate surface area is 136 Å². The van der Waals surface area contributed by atoms with Crippen LogP contribution in [0, 0.1) is 17.0 Å². The Morgan fingerprint density at radius 3 is 2.57 bits per heavy atom. The van der Waals surface area contributed by atoms with E-state index in [1.54, 1.807) is 19.1 Å². The molecule has 0 bridgehead atoms. The molecule has 1 amide bonds. The van der Waals surface area contributed by atoms with Crippen LogP contribution < -0.4 is 10.6 Å². The zero-order chi connectivity index (χ0) is 16.7. The van der Waals surface area contributed by atoms with Gasteiger partial charge in [-0.1, -0.05) is 37.8 Å². The molecule has 1 fully saturated rings. The van der Waals surface area contributed by atoms with E-state index in [2.05, 4.69) is 10.6 Å². The molecule has 126 valence electrons. The number of carbonyl (C=O) groups is 1. The van der Waals surface area contributed by atoms with Crippen molar-refractivity contribution in [3.8, 4) is 0 Å². The number of benzene rings is 1. The van der Waals surface area contributed by atoms with Crippen LogP contribution in [0.2, 0.25) is 0 Å². The molecular formula is C17H25N3O3. The van der Waals surface area contributed by atoms with E-state index in [1.807, 2.05) is 0 Å². The van der Waals surface area contributed by atoms with Crippen molar-refractivity contribution in [2.24, 2.45) is 0 Å². The fourth-order valence-electron chi connectivity index (χ4n) is 3.12. The van der Waals surface area contributed by atoms with Gasteiger partial charge in [0.05, 0.1) is 4.92 Å². The van der Waals surface area contributed by atoms with Crippen molar-refractivity contribution < 1.29 is 9.72 Å². The first kappa shape index (κ1) is 17.4. The summed E-state index contributed by atoms with van der Waals surface area (Å²) in [6.07, 6.45) is 7.53. The second-order valence-electron chi connectivity index (χ2n) is 6.12. The summed E-state index contributed by atoms with van der Waals surface area (Å²) in [5, 5.41) is 17.3. The molecule has 2 rings (SSSR count). The summed E-state index contributed by atoms with van der Waals surface area (Å²) in [5.41, 5.74) is 0.639. The molecule has 0 saturated heterocycles.